The van der Waals surface area contributed by atoms with E-state index in [1.807, 2.05) is 18.2 Å². The highest BCUT2D eigenvalue weighted by Crippen LogP contribution is 2.29. The molecule has 2 rings (SSSR count). The number of methoxy groups -OCH3 is 1. The molecule has 2 heteroatoms. The SMILES string of the molecule is COc1cc(F)cc(-c2cccc(C(C)(C)C)c2)c1. The predicted octanol–water partition coefficient (Wildman–Crippen LogP) is 4.80. The van der Waals surface area contributed by atoms with Gasteiger partial charge >= 0.3 is 0 Å². The molecule has 0 atom stereocenters. The number of hydrogen-bond acceptors (Lipinski definition) is 1. The van der Waals surface area contributed by atoms with Crippen LogP contribution in [0.1, 0.15) is 26.3 Å². The number of ether oxygens (including phenoxy) is 1. The summed E-state index contributed by atoms with van der Waals surface area (Å²) in [6.45, 7) is 6.49. The van der Waals surface area contributed by atoms with Crippen LogP contribution in [-0.4, -0.2) is 7.11 Å². The fraction of sp³-hybridized carbons (Fsp3) is 0.294. The molecule has 0 aliphatic heterocycles. The molecule has 19 heavy (non-hydrogen) atoms. The quantitative estimate of drug-likeness (QED) is 0.752. The second-order valence-electron chi connectivity index (χ2n) is 5.71. The standard InChI is InChI=1S/C17H19FO/c1-17(2,3)14-7-5-6-12(8-14)13-9-15(18)11-16(10-13)19-4/h5-11H,1-4H3. The molecule has 0 amide bonds. The van der Waals surface area contributed by atoms with E-state index in [9.17, 15) is 4.39 Å². The molecule has 0 heterocycles. The van der Waals surface area contributed by atoms with Crippen LogP contribution in [0.5, 0.6) is 5.75 Å². The van der Waals surface area contributed by atoms with Crippen molar-refractivity contribution in [3.8, 4) is 16.9 Å². The molecule has 0 fully saturated rings. The molecule has 1 nitrogen and oxygen atoms in total. The Hall–Kier alpha value is -1.83. The van der Waals surface area contributed by atoms with E-state index in [4.69, 9.17) is 4.74 Å². The summed E-state index contributed by atoms with van der Waals surface area (Å²) in [5, 5.41) is 0. The van der Waals surface area contributed by atoms with Gasteiger partial charge in [-0.25, -0.2) is 4.39 Å². The van der Waals surface area contributed by atoms with Crippen LogP contribution in [0.25, 0.3) is 11.1 Å². The molecule has 100 valence electrons. The van der Waals surface area contributed by atoms with Gasteiger partial charge in [0.05, 0.1) is 7.11 Å². The molecule has 0 saturated carbocycles. The minimum absolute atomic E-state index is 0.0768. The Labute approximate surface area is 114 Å². The first-order valence-electron chi connectivity index (χ1n) is 6.35. The van der Waals surface area contributed by atoms with Gasteiger partial charge in [0.2, 0.25) is 0 Å². The Morgan fingerprint density at radius 1 is 0.947 bits per heavy atom. The lowest BCUT2D eigenvalue weighted by molar-refractivity contribution is 0.411. The van der Waals surface area contributed by atoms with Gasteiger partial charge < -0.3 is 4.74 Å². The van der Waals surface area contributed by atoms with Crippen LogP contribution in [-0.2, 0) is 5.41 Å². The molecular formula is C17H19FO. The Balaban J connectivity index is 2.50. The Morgan fingerprint density at radius 2 is 1.68 bits per heavy atom. The maximum Gasteiger partial charge on any atom is 0.127 e. The highest BCUT2D eigenvalue weighted by molar-refractivity contribution is 5.66. The van der Waals surface area contributed by atoms with E-state index < -0.39 is 0 Å². The van der Waals surface area contributed by atoms with Crippen LogP contribution in [0.15, 0.2) is 42.5 Å². The summed E-state index contributed by atoms with van der Waals surface area (Å²) in [4.78, 5) is 0. The highest BCUT2D eigenvalue weighted by Gasteiger charge is 2.14. The van der Waals surface area contributed by atoms with Gasteiger partial charge in [0.25, 0.3) is 0 Å². The van der Waals surface area contributed by atoms with Crippen molar-refractivity contribution < 1.29 is 9.13 Å². The van der Waals surface area contributed by atoms with Gasteiger partial charge in [-0.2, -0.15) is 0 Å². The van der Waals surface area contributed by atoms with E-state index in [1.165, 1.54) is 17.7 Å². The Morgan fingerprint density at radius 3 is 2.32 bits per heavy atom. The molecule has 2 aromatic rings. The third-order valence-electron chi connectivity index (χ3n) is 3.17. The monoisotopic (exact) mass is 258 g/mol. The zero-order chi connectivity index (χ0) is 14.0. The lowest BCUT2D eigenvalue weighted by Gasteiger charge is -2.20. The smallest absolute Gasteiger partial charge is 0.127 e. The van der Waals surface area contributed by atoms with Crippen molar-refractivity contribution in [2.75, 3.05) is 7.11 Å². The maximum atomic E-state index is 13.6. The van der Waals surface area contributed by atoms with Crippen molar-refractivity contribution in [2.24, 2.45) is 0 Å². The van der Waals surface area contributed by atoms with Crippen LogP contribution in [0.4, 0.5) is 4.39 Å². The van der Waals surface area contributed by atoms with Crippen molar-refractivity contribution in [3.63, 3.8) is 0 Å². The topological polar surface area (TPSA) is 9.23 Å². The zero-order valence-corrected chi connectivity index (χ0v) is 11.8. The molecule has 0 radical (unpaired) electrons. The van der Waals surface area contributed by atoms with Gasteiger partial charge in [0.1, 0.15) is 11.6 Å². The number of halogens is 1. The molecule has 0 aliphatic rings. The van der Waals surface area contributed by atoms with E-state index in [-0.39, 0.29) is 11.2 Å². The van der Waals surface area contributed by atoms with E-state index in [0.717, 1.165) is 11.1 Å². The number of rotatable bonds is 2. The third-order valence-corrected chi connectivity index (χ3v) is 3.17. The molecule has 0 N–H and O–H groups in total. The van der Waals surface area contributed by atoms with Crippen LogP contribution >= 0.6 is 0 Å². The third kappa shape index (κ3) is 3.14. The van der Waals surface area contributed by atoms with Gasteiger partial charge in [0, 0.05) is 6.07 Å². The molecule has 2 aromatic carbocycles. The first kappa shape index (κ1) is 13.6. The summed E-state index contributed by atoms with van der Waals surface area (Å²) >= 11 is 0. The molecule has 0 spiro atoms. The average Bonchev–Trinajstić information content (AvgIpc) is 2.37. The molecular weight excluding hydrogens is 239 g/mol. The normalized spacial score (nSPS) is 11.4. The van der Waals surface area contributed by atoms with Gasteiger partial charge in [-0.05, 0) is 34.2 Å². The summed E-state index contributed by atoms with van der Waals surface area (Å²) < 4.78 is 18.7. The minimum Gasteiger partial charge on any atom is -0.497 e. The van der Waals surface area contributed by atoms with Crippen LogP contribution in [0.3, 0.4) is 0 Å². The Kier molecular flexibility index (Phi) is 3.61. The lowest BCUT2D eigenvalue weighted by atomic mass is 9.85. The Bertz CT molecular complexity index is 582. The van der Waals surface area contributed by atoms with Crippen molar-refractivity contribution in [1.29, 1.82) is 0 Å². The summed E-state index contributed by atoms with van der Waals surface area (Å²) in [5.74, 6) is 0.256. The van der Waals surface area contributed by atoms with Crippen LogP contribution in [0, 0.1) is 5.82 Å². The first-order chi connectivity index (χ1) is 8.90. The molecule has 0 unspecified atom stereocenters. The van der Waals surface area contributed by atoms with Gasteiger partial charge in [0.15, 0.2) is 0 Å². The molecule has 0 aromatic heterocycles. The number of benzene rings is 2. The van der Waals surface area contributed by atoms with Crippen molar-refractivity contribution in [1.82, 2.24) is 0 Å². The van der Waals surface area contributed by atoms with Crippen molar-refractivity contribution >= 4 is 0 Å². The predicted molar refractivity (Wildman–Crippen MR) is 77.1 cm³/mol. The second kappa shape index (κ2) is 5.04. The van der Waals surface area contributed by atoms with E-state index in [1.54, 1.807) is 7.11 Å². The fourth-order valence-corrected chi connectivity index (χ4v) is 2.01. The van der Waals surface area contributed by atoms with Gasteiger partial charge in [-0.3, -0.25) is 0 Å². The van der Waals surface area contributed by atoms with E-state index >= 15 is 0 Å². The summed E-state index contributed by atoms with van der Waals surface area (Å²) in [6, 6.07) is 13.0. The largest absolute Gasteiger partial charge is 0.497 e. The van der Waals surface area contributed by atoms with Crippen LogP contribution in [0.2, 0.25) is 0 Å². The molecule has 0 saturated heterocycles. The molecule has 0 aliphatic carbocycles. The maximum absolute atomic E-state index is 13.6. The fourth-order valence-electron chi connectivity index (χ4n) is 2.01. The second-order valence-corrected chi connectivity index (χ2v) is 5.71. The first-order valence-corrected chi connectivity index (χ1v) is 6.35. The lowest BCUT2D eigenvalue weighted by Crippen LogP contribution is -2.10. The van der Waals surface area contributed by atoms with Gasteiger partial charge in [-0.15, -0.1) is 0 Å². The summed E-state index contributed by atoms with van der Waals surface area (Å²) in [5.41, 5.74) is 3.15. The highest BCUT2D eigenvalue weighted by atomic mass is 19.1. The molecule has 0 bridgehead atoms. The minimum atomic E-state index is -0.282. The van der Waals surface area contributed by atoms with Gasteiger partial charge in [-0.1, -0.05) is 45.0 Å². The van der Waals surface area contributed by atoms with Crippen molar-refractivity contribution in [3.05, 3.63) is 53.8 Å². The summed E-state index contributed by atoms with van der Waals surface area (Å²) in [7, 11) is 1.55. The number of hydrogen-bond donors (Lipinski definition) is 0. The van der Waals surface area contributed by atoms with E-state index in [0.29, 0.717) is 5.75 Å². The van der Waals surface area contributed by atoms with Crippen molar-refractivity contribution in [2.45, 2.75) is 26.2 Å². The van der Waals surface area contributed by atoms with Crippen LogP contribution < -0.4 is 4.74 Å². The van der Waals surface area contributed by atoms with E-state index in [2.05, 4.69) is 32.9 Å². The summed E-state index contributed by atoms with van der Waals surface area (Å²) in [6.07, 6.45) is 0. The average molecular weight is 258 g/mol. The zero-order valence-electron chi connectivity index (χ0n) is 11.8.